The molecular formula is C16H15FN2. The van der Waals surface area contributed by atoms with Crippen LogP contribution < -0.4 is 9.80 Å². The molecule has 0 aliphatic carbocycles. The van der Waals surface area contributed by atoms with Crippen LogP contribution in [-0.2, 0) is 0 Å². The molecule has 0 saturated heterocycles. The summed E-state index contributed by atoms with van der Waals surface area (Å²) < 4.78 is 12.9. The zero-order valence-electron chi connectivity index (χ0n) is 10.8. The number of hydrogen-bond acceptors (Lipinski definition) is 2. The molecule has 3 rings (SSSR count). The monoisotopic (exact) mass is 254 g/mol. The quantitative estimate of drug-likeness (QED) is 0.802. The van der Waals surface area contributed by atoms with E-state index in [9.17, 15) is 4.39 Å². The van der Waals surface area contributed by atoms with E-state index in [2.05, 4.69) is 41.0 Å². The average Bonchev–Trinajstić information content (AvgIpc) is 2.90. The van der Waals surface area contributed by atoms with Crippen molar-refractivity contribution in [3.05, 3.63) is 72.3 Å². The highest BCUT2D eigenvalue weighted by Gasteiger charge is 2.14. The average molecular weight is 254 g/mol. The number of benzene rings is 2. The van der Waals surface area contributed by atoms with Gasteiger partial charge in [-0.15, -0.1) is 0 Å². The second kappa shape index (κ2) is 4.76. The highest BCUT2D eigenvalue weighted by atomic mass is 19.1. The number of anilines is 2. The lowest BCUT2D eigenvalue weighted by molar-refractivity contribution is 0.628. The first-order valence-corrected chi connectivity index (χ1v) is 6.26. The lowest BCUT2D eigenvalue weighted by Crippen LogP contribution is -2.24. The Morgan fingerprint density at radius 3 is 1.79 bits per heavy atom. The Morgan fingerprint density at radius 2 is 1.26 bits per heavy atom. The van der Waals surface area contributed by atoms with E-state index >= 15 is 0 Å². The number of aryl methyl sites for hydroxylation is 1. The molecule has 0 bridgehead atoms. The van der Waals surface area contributed by atoms with Crippen LogP contribution in [0.4, 0.5) is 15.8 Å². The molecule has 96 valence electrons. The molecule has 0 atom stereocenters. The molecule has 1 aliphatic rings. The van der Waals surface area contributed by atoms with Crippen molar-refractivity contribution in [1.29, 1.82) is 0 Å². The molecule has 1 aliphatic heterocycles. The van der Waals surface area contributed by atoms with E-state index in [1.54, 1.807) is 12.1 Å². The Morgan fingerprint density at radius 1 is 0.789 bits per heavy atom. The lowest BCUT2D eigenvalue weighted by Gasteiger charge is -2.21. The van der Waals surface area contributed by atoms with E-state index in [0.29, 0.717) is 0 Å². The van der Waals surface area contributed by atoms with Gasteiger partial charge < -0.3 is 9.80 Å². The summed E-state index contributed by atoms with van der Waals surface area (Å²) in [5, 5.41) is 0. The van der Waals surface area contributed by atoms with Crippen molar-refractivity contribution < 1.29 is 4.39 Å². The Kier molecular flexibility index (Phi) is 2.95. The standard InChI is InChI=1S/C16H15FN2/c1-13-2-6-15(7-3-13)18-10-11-19(12-18)16-8-4-14(17)5-9-16/h2-11H,12H2,1H3. The fraction of sp³-hybridized carbons (Fsp3) is 0.125. The number of rotatable bonds is 2. The van der Waals surface area contributed by atoms with Gasteiger partial charge >= 0.3 is 0 Å². The maximum atomic E-state index is 12.9. The van der Waals surface area contributed by atoms with Crippen LogP contribution >= 0.6 is 0 Å². The second-order valence-corrected chi connectivity index (χ2v) is 4.69. The van der Waals surface area contributed by atoms with Gasteiger partial charge in [-0.2, -0.15) is 0 Å². The van der Waals surface area contributed by atoms with Gasteiger partial charge in [-0.25, -0.2) is 4.39 Å². The molecule has 0 spiro atoms. The molecule has 2 nitrogen and oxygen atoms in total. The first kappa shape index (κ1) is 11.8. The van der Waals surface area contributed by atoms with Crippen molar-refractivity contribution in [1.82, 2.24) is 0 Å². The van der Waals surface area contributed by atoms with Crippen LogP contribution in [0, 0.1) is 12.7 Å². The van der Waals surface area contributed by atoms with Gasteiger partial charge in [0.2, 0.25) is 0 Å². The molecule has 1 heterocycles. The molecule has 0 N–H and O–H groups in total. The van der Waals surface area contributed by atoms with E-state index in [1.165, 1.54) is 17.7 Å². The topological polar surface area (TPSA) is 6.48 Å². The summed E-state index contributed by atoms with van der Waals surface area (Å²) in [5.41, 5.74) is 3.40. The number of halogens is 1. The van der Waals surface area contributed by atoms with Crippen LogP contribution in [0.3, 0.4) is 0 Å². The Hall–Kier alpha value is -2.29. The molecule has 0 radical (unpaired) electrons. The summed E-state index contributed by atoms with van der Waals surface area (Å²) in [5.74, 6) is -0.206. The lowest BCUT2D eigenvalue weighted by atomic mass is 10.2. The van der Waals surface area contributed by atoms with Gasteiger partial charge in [0.05, 0.1) is 6.67 Å². The van der Waals surface area contributed by atoms with Crippen molar-refractivity contribution in [3.63, 3.8) is 0 Å². The minimum Gasteiger partial charge on any atom is -0.328 e. The molecular weight excluding hydrogens is 239 g/mol. The van der Waals surface area contributed by atoms with Gasteiger partial charge in [-0.3, -0.25) is 0 Å². The van der Waals surface area contributed by atoms with Gasteiger partial charge in [-0.1, -0.05) is 17.7 Å². The predicted molar refractivity (Wildman–Crippen MR) is 76.5 cm³/mol. The third-order valence-electron chi connectivity index (χ3n) is 3.26. The minimum atomic E-state index is -0.206. The Balaban J connectivity index is 1.76. The first-order chi connectivity index (χ1) is 9.22. The Bertz CT molecular complexity index is 534. The van der Waals surface area contributed by atoms with Crippen molar-refractivity contribution in [2.45, 2.75) is 6.92 Å². The minimum absolute atomic E-state index is 0.206. The first-order valence-electron chi connectivity index (χ1n) is 6.26. The summed E-state index contributed by atoms with van der Waals surface area (Å²) in [7, 11) is 0. The van der Waals surface area contributed by atoms with Crippen LogP contribution in [0.5, 0.6) is 0 Å². The summed E-state index contributed by atoms with van der Waals surface area (Å²) in [4.78, 5) is 4.24. The molecule has 0 fully saturated rings. The van der Waals surface area contributed by atoms with Crippen LogP contribution in [0.2, 0.25) is 0 Å². The van der Waals surface area contributed by atoms with Gasteiger partial charge in [0.1, 0.15) is 5.82 Å². The summed E-state index contributed by atoms with van der Waals surface area (Å²) >= 11 is 0. The van der Waals surface area contributed by atoms with E-state index in [0.717, 1.165) is 18.0 Å². The summed E-state index contributed by atoms with van der Waals surface area (Å²) in [6.45, 7) is 2.82. The second-order valence-electron chi connectivity index (χ2n) is 4.69. The number of hydrogen-bond donors (Lipinski definition) is 0. The van der Waals surface area contributed by atoms with E-state index < -0.39 is 0 Å². The maximum Gasteiger partial charge on any atom is 0.123 e. The Labute approximate surface area is 112 Å². The van der Waals surface area contributed by atoms with Gasteiger partial charge in [0.25, 0.3) is 0 Å². The normalized spacial score (nSPS) is 14.2. The van der Waals surface area contributed by atoms with Crippen LogP contribution in [0.25, 0.3) is 0 Å². The fourth-order valence-corrected chi connectivity index (χ4v) is 2.12. The third-order valence-corrected chi connectivity index (χ3v) is 3.26. The fourth-order valence-electron chi connectivity index (χ4n) is 2.12. The third kappa shape index (κ3) is 2.45. The van der Waals surface area contributed by atoms with Crippen LogP contribution in [0.15, 0.2) is 60.9 Å². The molecule has 0 saturated carbocycles. The predicted octanol–water partition coefficient (Wildman–Crippen LogP) is 3.89. The van der Waals surface area contributed by atoms with Crippen molar-refractivity contribution in [2.75, 3.05) is 16.5 Å². The van der Waals surface area contributed by atoms with E-state index in [4.69, 9.17) is 0 Å². The molecule has 3 heteroatoms. The van der Waals surface area contributed by atoms with Crippen molar-refractivity contribution in [2.24, 2.45) is 0 Å². The molecule has 0 aromatic heterocycles. The zero-order valence-corrected chi connectivity index (χ0v) is 10.8. The van der Waals surface area contributed by atoms with Crippen LogP contribution in [0.1, 0.15) is 5.56 Å². The molecule has 19 heavy (non-hydrogen) atoms. The highest BCUT2D eigenvalue weighted by molar-refractivity contribution is 5.59. The smallest absolute Gasteiger partial charge is 0.123 e. The largest absolute Gasteiger partial charge is 0.328 e. The summed E-state index contributed by atoms with van der Waals surface area (Å²) in [6.07, 6.45) is 4.04. The molecule has 0 amide bonds. The van der Waals surface area contributed by atoms with Crippen molar-refractivity contribution in [3.8, 4) is 0 Å². The molecule has 0 unspecified atom stereocenters. The molecule has 2 aromatic carbocycles. The zero-order chi connectivity index (χ0) is 13.2. The van der Waals surface area contributed by atoms with Gasteiger partial charge in [0.15, 0.2) is 0 Å². The molecule has 2 aromatic rings. The van der Waals surface area contributed by atoms with Gasteiger partial charge in [0, 0.05) is 23.8 Å². The maximum absolute atomic E-state index is 12.9. The number of nitrogens with zero attached hydrogens (tertiary/aromatic N) is 2. The van der Waals surface area contributed by atoms with Crippen LogP contribution in [-0.4, -0.2) is 6.67 Å². The van der Waals surface area contributed by atoms with E-state index in [1.807, 2.05) is 12.4 Å². The SMILES string of the molecule is Cc1ccc(N2C=CN(c3ccc(F)cc3)C2)cc1. The van der Waals surface area contributed by atoms with E-state index in [-0.39, 0.29) is 5.82 Å². The summed E-state index contributed by atoms with van der Waals surface area (Å²) in [6, 6.07) is 15.0. The highest BCUT2D eigenvalue weighted by Crippen LogP contribution is 2.24. The van der Waals surface area contributed by atoms with Crippen molar-refractivity contribution >= 4 is 11.4 Å². The van der Waals surface area contributed by atoms with Gasteiger partial charge in [-0.05, 0) is 43.3 Å².